The SMILES string of the molecule is CCCCCCCCCCCCc1cccc(O)c1CCCCCCCCC.OP(O)O. The van der Waals surface area contributed by atoms with Gasteiger partial charge >= 0.3 is 8.60 Å². The van der Waals surface area contributed by atoms with Crippen molar-refractivity contribution in [2.24, 2.45) is 0 Å². The Morgan fingerprint density at radius 2 is 0.938 bits per heavy atom. The van der Waals surface area contributed by atoms with E-state index in [1.54, 1.807) is 0 Å². The second-order valence-corrected chi connectivity index (χ2v) is 9.52. The van der Waals surface area contributed by atoms with Gasteiger partial charge in [0.2, 0.25) is 0 Å². The van der Waals surface area contributed by atoms with Crippen molar-refractivity contribution < 1.29 is 19.8 Å². The summed E-state index contributed by atoms with van der Waals surface area (Å²) in [6, 6.07) is 6.14. The summed E-state index contributed by atoms with van der Waals surface area (Å²) in [4.78, 5) is 21.7. The summed E-state index contributed by atoms with van der Waals surface area (Å²) >= 11 is 0. The van der Waals surface area contributed by atoms with Crippen molar-refractivity contribution in [2.45, 2.75) is 136 Å². The number of phenols is 1. The molecule has 32 heavy (non-hydrogen) atoms. The summed E-state index contributed by atoms with van der Waals surface area (Å²) in [7, 11) is -2.62. The van der Waals surface area contributed by atoms with E-state index in [0.717, 1.165) is 12.8 Å². The fourth-order valence-electron chi connectivity index (χ4n) is 4.21. The molecule has 4 N–H and O–H groups in total. The zero-order chi connectivity index (χ0) is 23.9. The van der Waals surface area contributed by atoms with E-state index in [1.807, 2.05) is 12.1 Å². The second-order valence-electron chi connectivity index (χ2n) is 8.99. The maximum absolute atomic E-state index is 10.3. The number of hydrogen-bond donors (Lipinski definition) is 4. The largest absolute Gasteiger partial charge is 0.508 e. The molecule has 0 saturated carbocycles. The van der Waals surface area contributed by atoms with Crippen LogP contribution >= 0.6 is 8.60 Å². The predicted molar refractivity (Wildman–Crippen MR) is 139 cm³/mol. The molecule has 0 aliphatic rings. The fraction of sp³-hybridized carbons (Fsp3) is 0.778. The topological polar surface area (TPSA) is 80.9 Å². The Labute approximate surface area is 199 Å². The third kappa shape index (κ3) is 20.0. The van der Waals surface area contributed by atoms with Crippen LogP contribution in [-0.2, 0) is 12.8 Å². The maximum Gasteiger partial charge on any atom is 0.324 e. The van der Waals surface area contributed by atoms with E-state index in [2.05, 4.69) is 19.9 Å². The van der Waals surface area contributed by atoms with E-state index < -0.39 is 8.60 Å². The van der Waals surface area contributed by atoms with E-state index in [-0.39, 0.29) is 0 Å². The first-order valence-corrected chi connectivity index (χ1v) is 14.4. The van der Waals surface area contributed by atoms with Crippen LogP contribution in [0, 0.1) is 0 Å². The summed E-state index contributed by atoms with van der Waals surface area (Å²) in [5, 5.41) is 10.3. The van der Waals surface area contributed by atoms with E-state index in [0.29, 0.717) is 5.75 Å². The number of phenolic OH excluding ortho intramolecular Hbond substituents is 1. The molecule has 188 valence electrons. The Kier molecular flexibility index (Phi) is 23.0. The first-order valence-electron chi connectivity index (χ1n) is 13.2. The number of aryl methyl sites for hydroxylation is 1. The van der Waals surface area contributed by atoms with Crippen molar-refractivity contribution in [1.29, 1.82) is 0 Å². The molecule has 0 aliphatic heterocycles. The zero-order valence-electron chi connectivity index (χ0n) is 20.9. The molecule has 0 fully saturated rings. The molecule has 0 unspecified atom stereocenters. The Bertz CT molecular complexity index is 520. The van der Waals surface area contributed by atoms with Gasteiger partial charge < -0.3 is 19.8 Å². The molecule has 0 bridgehead atoms. The molecule has 0 aliphatic carbocycles. The Hall–Kier alpha value is -0.670. The lowest BCUT2D eigenvalue weighted by Gasteiger charge is -2.12. The number of benzene rings is 1. The van der Waals surface area contributed by atoms with Crippen LogP contribution in [0.25, 0.3) is 0 Å². The average Bonchev–Trinajstić information content (AvgIpc) is 2.75. The van der Waals surface area contributed by atoms with Gasteiger partial charge in [-0.1, -0.05) is 122 Å². The molecule has 4 nitrogen and oxygen atoms in total. The van der Waals surface area contributed by atoms with Crippen LogP contribution in [0.15, 0.2) is 18.2 Å². The van der Waals surface area contributed by atoms with Gasteiger partial charge in [0, 0.05) is 0 Å². The summed E-state index contributed by atoms with van der Waals surface area (Å²) in [5.74, 6) is 0.524. The number of hydrogen-bond acceptors (Lipinski definition) is 4. The van der Waals surface area contributed by atoms with Crippen molar-refractivity contribution in [3.63, 3.8) is 0 Å². The molecule has 0 radical (unpaired) electrons. The van der Waals surface area contributed by atoms with Crippen molar-refractivity contribution in [2.75, 3.05) is 0 Å². The highest BCUT2D eigenvalue weighted by atomic mass is 31.2. The van der Waals surface area contributed by atoms with E-state index in [1.165, 1.54) is 120 Å². The van der Waals surface area contributed by atoms with Crippen LogP contribution in [0.2, 0.25) is 0 Å². The van der Waals surface area contributed by atoms with Gasteiger partial charge in [0.25, 0.3) is 0 Å². The smallest absolute Gasteiger partial charge is 0.324 e. The third-order valence-electron chi connectivity index (χ3n) is 6.08. The van der Waals surface area contributed by atoms with E-state index in [4.69, 9.17) is 14.7 Å². The van der Waals surface area contributed by atoms with E-state index >= 15 is 0 Å². The quantitative estimate of drug-likeness (QED) is 0.121. The van der Waals surface area contributed by atoms with Crippen LogP contribution in [0.1, 0.15) is 134 Å². The lowest BCUT2D eigenvalue weighted by Crippen LogP contribution is -1.96. The molecule has 0 saturated heterocycles. The summed E-state index contributed by atoms with van der Waals surface area (Å²) in [5.41, 5.74) is 2.62. The lowest BCUT2D eigenvalue weighted by atomic mass is 9.95. The Morgan fingerprint density at radius 3 is 1.38 bits per heavy atom. The normalized spacial score (nSPS) is 10.9. The molecule has 0 spiro atoms. The minimum absolute atomic E-state index is 0.524. The lowest BCUT2D eigenvalue weighted by molar-refractivity contribution is 0.368. The van der Waals surface area contributed by atoms with Gasteiger partial charge in [0.05, 0.1) is 0 Å². The van der Waals surface area contributed by atoms with Gasteiger partial charge in [0.1, 0.15) is 5.75 Å². The molecular formula is C27H51O4P. The van der Waals surface area contributed by atoms with Gasteiger partial charge in [-0.3, -0.25) is 0 Å². The first-order chi connectivity index (χ1) is 15.5. The van der Waals surface area contributed by atoms with Gasteiger partial charge in [-0.05, 0) is 42.9 Å². The number of aromatic hydroxyl groups is 1. The molecule has 0 amide bonds. The van der Waals surface area contributed by atoms with Crippen LogP contribution in [0.5, 0.6) is 5.75 Å². The maximum atomic E-state index is 10.3. The van der Waals surface area contributed by atoms with Crippen LogP contribution in [0.3, 0.4) is 0 Å². The Balaban J connectivity index is 0.00000220. The molecule has 1 aromatic carbocycles. The molecule has 1 aromatic rings. The second kappa shape index (κ2) is 23.5. The molecule has 0 heterocycles. The van der Waals surface area contributed by atoms with Gasteiger partial charge in [-0.25, -0.2) is 0 Å². The standard InChI is InChI=1S/C27H48O.H3O3P/c1-3-5-7-9-11-12-13-15-16-18-21-25-22-20-24-27(28)26(25)23-19-17-14-10-8-6-4-2;1-4(2)3/h20,22,24,28H,3-19,21,23H2,1-2H3;1-3H. The molecule has 1 rings (SSSR count). The summed E-state index contributed by atoms with van der Waals surface area (Å²) < 4.78 is 0. The summed E-state index contributed by atoms with van der Waals surface area (Å²) in [6.45, 7) is 4.56. The highest BCUT2D eigenvalue weighted by molar-refractivity contribution is 7.38. The highest BCUT2D eigenvalue weighted by Gasteiger charge is 2.07. The fourth-order valence-corrected chi connectivity index (χ4v) is 4.21. The van der Waals surface area contributed by atoms with Gasteiger partial charge in [0.15, 0.2) is 0 Å². The minimum Gasteiger partial charge on any atom is -0.508 e. The van der Waals surface area contributed by atoms with Crippen LogP contribution in [-0.4, -0.2) is 19.8 Å². The van der Waals surface area contributed by atoms with Crippen LogP contribution in [0.4, 0.5) is 0 Å². The highest BCUT2D eigenvalue weighted by Crippen LogP contribution is 2.25. The predicted octanol–water partition coefficient (Wildman–Crippen LogP) is 8.34. The molecular weight excluding hydrogens is 419 g/mol. The molecule has 5 heteroatoms. The van der Waals surface area contributed by atoms with Crippen molar-refractivity contribution >= 4 is 8.60 Å². The number of rotatable bonds is 19. The first kappa shape index (κ1) is 31.3. The third-order valence-corrected chi connectivity index (χ3v) is 6.08. The molecule has 0 aromatic heterocycles. The van der Waals surface area contributed by atoms with Crippen molar-refractivity contribution in [3.05, 3.63) is 29.3 Å². The Morgan fingerprint density at radius 1 is 0.562 bits per heavy atom. The van der Waals surface area contributed by atoms with Crippen molar-refractivity contribution in [1.82, 2.24) is 0 Å². The molecule has 0 atom stereocenters. The number of unbranched alkanes of at least 4 members (excludes halogenated alkanes) is 15. The van der Waals surface area contributed by atoms with Crippen molar-refractivity contribution in [3.8, 4) is 5.75 Å². The minimum atomic E-state index is -2.62. The summed E-state index contributed by atoms with van der Waals surface area (Å²) in [6.07, 6.45) is 25.3. The average molecular weight is 471 g/mol. The zero-order valence-corrected chi connectivity index (χ0v) is 21.8. The van der Waals surface area contributed by atoms with E-state index in [9.17, 15) is 5.11 Å². The van der Waals surface area contributed by atoms with Gasteiger partial charge in [-0.15, -0.1) is 0 Å². The monoisotopic (exact) mass is 470 g/mol. The van der Waals surface area contributed by atoms with Gasteiger partial charge in [-0.2, -0.15) is 0 Å². The van der Waals surface area contributed by atoms with Crippen LogP contribution < -0.4 is 0 Å².